The van der Waals surface area contributed by atoms with Gasteiger partial charge in [0.15, 0.2) is 5.78 Å². The smallest absolute Gasteiger partial charge is 0.316 e. The Kier molecular flexibility index (Phi) is 5.44. The molecule has 0 radical (unpaired) electrons. The molecule has 0 heterocycles. The Hall–Kier alpha value is -1.27. The minimum Gasteiger partial charge on any atom is -0.481 e. The van der Waals surface area contributed by atoms with Gasteiger partial charge in [0.1, 0.15) is 24.3 Å². The number of nitrogens with zero attached hydrogens (tertiary/aromatic N) is 1. The number of quaternary nitrogens is 1. The second-order valence-electron chi connectivity index (χ2n) is 5.20. The molecule has 0 saturated carbocycles. The number of carbonyl (C=O) groups is 3. The van der Waals surface area contributed by atoms with Gasteiger partial charge < -0.3 is 14.7 Å². The number of aliphatic hydroxyl groups excluding tert-OH is 1. The van der Waals surface area contributed by atoms with E-state index in [0.29, 0.717) is 4.48 Å². The summed E-state index contributed by atoms with van der Waals surface area (Å²) in [6, 6.07) is 0. The highest BCUT2D eigenvalue weighted by Gasteiger charge is 2.36. The minimum atomic E-state index is -1.53. The van der Waals surface area contributed by atoms with Crippen LogP contribution in [0.4, 0.5) is 0 Å². The van der Waals surface area contributed by atoms with Gasteiger partial charge in [-0.2, -0.15) is 0 Å². The van der Waals surface area contributed by atoms with Gasteiger partial charge >= 0.3 is 5.97 Å². The maximum Gasteiger partial charge on any atom is 0.316 e. The molecular weight excluding hydrogens is 226 g/mol. The highest BCUT2D eigenvalue weighted by molar-refractivity contribution is 6.07. The minimum absolute atomic E-state index is 0.126. The SMILES string of the molecule is CC(=O)CC(=O)C(C(=O)O)C(O)C[N+](C)(C)C. The van der Waals surface area contributed by atoms with Crippen LogP contribution in [0.25, 0.3) is 0 Å². The third-order valence-corrected chi connectivity index (χ3v) is 2.16. The number of hydrogen-bond acceptors (Lipinski definition) is 4. The van der Waals surface area contributed by atoms with Crippen molar-refractivity contribution in [2.75, 3.05) is 27.7 Å². The monoisotopic (exact) mass is 246 g/mol. The van der Waals surface area contributed by atoms with E-state index in [1.54, 1.807) is 21.1 Å². The van der Waals surface area contributed by atoms with E-state index in [9.17, 15) is 19.5 Å². The zero-order valence-electron chi connectivity index (χ0n) is 10.6. The number of aliphatic hydroxyl groups is 1. The van der Waals surface area contributed by atoms with Crippen LogP contribution in [0, 0.1) is 5.92 Å². The average Bonchev–Trinajstić information content (AvgIpc) is 1.96. The first-order valence-corrected chi connectivity index (χ1v) is 5.28. The van der Waals surface area contributed by atoms with E-state index in [0.717, 1.165) is 0 Å². The first-order chi connectivity index (χ1) is 7.54. The van der Waals surface area contributed by atoms with Crippen LogP contribution >= 0.6 is 0 Å². The Bertz CT molecular complexity index is 318. The fraction of sp³-hybridized carbons (Fsp3) is 0.727. The van der Waals surface area contributed by atoms with Crippen LogP contribution in [0.2, 0.25) is 0 Å². The molecule has 0 aromatic heterocycles. The van der Waals surface area contributed by atoms with Crippen molar-refractivity contribution in [1.82, 2.24) is 0 Å². The summed E-state index contributed by atoms with van der Waals surface area (Å²) < 4.78 is 0.332. The summed E-state index contributed by atoms with van der Waals surface area (Å²) >= 11 is 0. The largest absolute Gasteiger partial charge is 0.481 e. The van der Waals surface area contributed by atoms with E-state index >= 15 is 0 Å². The zero-order chi connectivity index (χ0) is 13.8. The van der Waals surface area contributed by atoms with Gasteiger partial charge in [-0.15, -0.1) is 0 Å². The molecule has 0 aromatic carbocycles. The summed E-state index contributed by atoms with van der Waals surface area (Å²) in [6.45, 7) is 1.34. The van der Waals surface area contributed by atoms with Crippen LogP contribution in [0.3, 0.4) is 0 Å². The molecular formula is C11H20NO5+. The van der Waals surface area contributed by atoms with Gasteiger partial charge in [0, 0.05) is 0 Å². The third kappa shape index (κ3) is 6.13. The zero-order valence-corrected chi connectivity index (χ0v) is 10.6. The summed E-state index contributed by atoms with van der Waals surface area (Å²) in [4.78, 5) is 33.3. The Balaban J connectivity index is 4.80. The van der Waals surface area contributed by atoms with Crippen LogP contribution in [0.15, 0.2) is 0 Å². The topological polar surface area (TPSA) is 91.7 Å². The van der Waals surface area contributed by atoms with Crippen LogP contribution in [0.5, 0.6) is 0 Å². The Labute approximate surface area is 100 Å². The van der Waals surface area contributed by atoms with E-state index in [1.165, 1.54) is 6.92 Å². The fourth-order valence-electron chi connectivity index (χ4n) is 1.54. The maximum absolute atomic E-state index is 11.6. The van der Waals surface area contributed by atoms with Crippen LogP contribution in [0.1, 0.15) is 13.3 Å². The van der Waals surface area contributed by atoms with Crippen LogP contribution < -0.4 is 0 Å². The molecule has 0 spiro atoms. The molecule has 0 rings (SSSR count). The van der Waals surface area contributed by atoms with Crippen LogP contribution in [-0.2, 0) is 14.4 Å². The number of ketones is 2. The van der Waals surface area contributed by atoms with E-state index in [-0.39, 0.29) is 6.54 Å². The summed E-state index contributed by atoms with van der Waals surface area (Å²) in [7, 11) is 5.33. The van der Waals surface area contributed by atoms with Crippen molar-refractivity contribution in [2.45, 2.75) is 19.4 Å². The second-order valence-corrected chi connectivity index (χ2v) is 5.20. The summed E-state index contributed by atoms with van der Waals surface area (Å²) in [5, 5.41) is 18.7. The Morgan fingerprint density at radius 3 is 1.94 bits per heavy atom. The Morgan fingerprint density at radius 2 is 1.65 bits per heavy atom. The first kappa shape index (κ1) is 15.7. The summed E-state index contributed by atoms with van der Waals surface area (Å²) in [5.74, 6) is -4.07. The number of likely N-dealkylation sites (N-methyl/N-ethyl adjacent to an activating group) is 1. The molecule has 98 valence electrons. The molecule has 0 amide bonds. The van der Waals surface area contributed by atoms with Gasteiger partial charge in [-0.1, -0.05) is 0 Å². The molecule has 6 heteroatoms. The van der Waals surface area contributed by atoms with Gasteiger partial charge in [0.25, 0.3) is 0 Å². The molecule has 0 bridgehead atoms. The van der Waals surface area contributed by atoms with Crippen molar-refractivity contribution < 1.29 is 29.1 Å². The highest BCUT2D eigenvalue weighted by atomic mass is 16.4. The lowest BCUT2D eigenvalue weighted by atomic mass is 9.93. The predicted octanol–water partition coefficient (Wildman–Crippen LogP) is -0.697. The summed E-state index contributed by atoms with van der Waals surface area (Å²) in [6.07, 6.45) is -1.75. The van der Waals surface area contributed by atoms with Crippen molar-refractivity contribution in [3.05, 3.63) is 0 Å². The van der Waals surface area contributed by atoms with Crippen molar-refractivity contribution in [2.24, 2.45) is 5.92 Å². The van der Waals surface area contributed by atoms with Crippen LogP contribution in [-0.4, -0.2) is 66.0 Å². The first-order valence-electron chi connectivity index (χ1n) is 5.28. The number of rotatable bonds is 7. The predicted molar refractivity (Wildman–Crippen MR) is 60.3 cm³/mol. The fourth-order valence-corrected chi connectivity index (χ4v) is 1.54. The normalized spacial score (nSPS) is 15.1. The number of carbonyl (C=O) groups excluding carboxylic acids is 2. The molecule has 0 saturated heterocycles. The lowest BCUT2D eigenvalue weighted by molar-refractivity contribution is -0.873. The number of hydrogen-bond donors (Lipinski definition) is 2. The van der Waals surface area contributed by atoms with E-state index < -0.39 is 36.0 Å². The van der Waals surface area contributed by atoms with Gasteiger partial charge in [-0.3, -0.25) is 14.4 Å². The molecule has 0 aliphatic heterocycles. The number of carboxylic acids is 1. The third-order valence-electron chi connectivity index (χ3n) is 2.16. The number of carboxylic acid groups (broad SMARTS) is 1. The molecule has 2 unspecified atom stereocenters. The number of Topliss-reactive ketones (excluding diaryl/α,β-unsaturated/α-hetero) is 2. The molecule has 0 aliphatic rings. The highest BCUT2D eigenvalue weighted by Crippen LogP contribution is 2.12. The molecule has 6 nitrogen and oxygen atoms in total. The van der Waals surface area contributed by atoms with E-state index in [2.05, 4.69) is 0 Å². The Morgan fingerprint density at radius 1 is 1.18 bits per heavy atom. The maximum atomic E-state index is 11.6. The van der Waals surface area contributed by atoms with Gasteiger partial charge in [-0.05, 0) is 6.92 Å². The van der Waals surface area contributed by atoms with Crippen molar-refractivity contribution in [3.8, 4) is 0 Å². The lowest BCUT2D eigenvalue weighted by Crippen LogP contribution is -2.48. The van der Waals surface area contributed by atoms with Crippen molar-refractivity contribution >= 4 is 17.5 Å². The molecule has 0 fully saturated rings. The average molecular weight is 246 g/mol. The van der Waals surface area contributed by atoms with E-state index in [4.69, 9.17) is 5.11 Å². The van der Waals surface area contributed by atoms with Crippen molar-refractivity contribution in [1.29, 1.82) is 0 Å². The molecule has 2 atom stereocenters. The quantitative estimate of drug-likeness (QED) is 0.458. The second kappa shape index (κ2) is 5.88. The molecule has 2 N–H and O–H groups in total. The van der Waals surface area contributed by atoms with Gasteiger partial charge in [0.05, 0.1) is 27.6 Å². The summed E-state index contributed by atoms with van der Waals surface area (Å²) in [5.41, 5.74) is 0. The van der Waals surface area contributed by atoms with Gasteiger partial charge in [0.2, 0.25) is 0 Å². The standard InChI is InChI=1S/C11H19NO5/c1-7(13)5-8(14)10(11(16)17)9(15)6-12(2,3)4/h9-10,15H,5-6H2,1-4H3/p+1. The van der Waals surface area contributed by atoms with Gasteiger partial charge in [-0.25, -0.2) is 0 Å². The number of aliphatic carboxylic acids is 1. The molecule has 0 aliphatic carbocycles. The van der Waals surface area contributed by atoms with Crippen molar-refractivity contribution in [3.63, 3.8) is 0 Å². The lowest BCUT2D eigenvalue weighted by Gasteiger charge is -2.28. The molecule has 0 aromatic rings. The van der Waals surface area contributed by atoms with E-state index in [1.807, 2.05) is 0 Å². The molecule has 17 heavy (non-hydrogen) atoms.